The van der Waals surface area contributed by atoms with Crippen molar-refractivity contribution < 1.29 is 0 Å². The minimum absolute atomic E-state index is 0.662. The first kappa shape index (κ1) is 20.7. The minimum Gasteiger partial charge on any atom is -0.346 e. The smallest absolute Gasteiger partial charge is 0.0991 e. The molecular weight excluding hydrogens is 418 g/mol. The van der Waals surface area contributed by atoms with E-state index in [9.17, 15) is 5.26 Å². The molecule has 0 bridgehead atoms. The average Bonchev–Trinajstić information content (AvgIpc) is 3.47. The molecule has 0 spiro atoms. The highest BCUT2D eigenvalue weighted by Crippen LogP contribution is 2.38. The van der Waals surface area contributed by atoms with Gasteiger partial charge in [-0.05, 0) is 54.7 Å². The molecule has 0 amide bonds. The van der Waals surface area contributed by atoms with Crippen molar-refractivity contribution in [3.05, 3.63) is 72.8 Å². The van der Waals surface area contributed by atoms with Crippen LogP contribution in [0.1, 0.15) is 37.7 Å². The number of pyridine rings is 1. The summed E-state index contributed by atoms with van der Waals surface area (Å²) in [4.78, 5) is 9.57. The lowest BCUT2D eigenvalue weighted by Crippen LogP contribution is -2.13. The van der Waals surface area contributed by atoms with Crippen LogP contribution in [0, 0.1) is 17.2 Å². The molecular formula is C29H27N5. The van der Waals surface area contributed by atoms with Gasteiger partial charge in [0.2, 0.25) is 0 Å². The number of rotatable bonds is 4. The molecule has 0 atom stereocenters. The summed E-state index contributed by atoms with van der Waals surface area (Å²) in [5.74, 6) is 0.744. The van der Waals surface area contributed by atoms with E-state index in [1.54, 1.807) is 0 Å². The van der Waals surface area contributed by atoms with E-state index in [2.05, 4.69) is 46.1 Å². The van der Waals surface area contributed by atoms with Gasteiger partial charge in [-0.15, -0.1) is 0 Å². The van der Waals surface area contributed by atoms with E-state index in [1.165, 1.54) is 43.0 Å². The number of hydrogen-bond acceptors (Lipinski definition) is 3. The van der Waals surface area contributed by atoms with Crippen LogP contribution in [-0.4, -0.2) is 19.1 Å². The molecule has 5 heteroatoms. The Morgan fingerprint density at radius 2 is 1.74 bits per heavy atom. The highest BCUT2D eigenvalue weighted by Gasteiger charge is 2.19. The molecule has 5 nitrogen and oxygen atoms in total. The second-order valence-electron chi connectivity index (χ2n) is 9.50. The Morgan fingerprint density at radius 1 is 0.941 bits per heavy atom. The first-order valence-electron chi connectivity index (χ1n) is 12.1. The van der Waals surface area contributed by atoms with Gasteiger partial charge in [0, 0.05) is 36.3 Å². The molecule has 3 aromatic heterocycles. The minimum atomic E-state index is 0.662. The number of hydrogen-bond donors (Lipinski definition) is 0. The second kappa shape index (κ2) is 8.46. The lowest BCUT2D eigenvalue weighted by atomic mass is 9.89. The molecule has 0 N–H and O–H groups in total. The predicted octanol–water partition coefficient (Wildman–Crippen LogP) is 6.71. The van der Waals surface area contributed by atoms with Gasteiger partial charge in [0.05, 0.1) is 46.4 Å². The van der Waals surface area contributed by atoms with E-state index < -0.39 is 0 Å². The van der Waals surface area contributed by atoms with E-state index >= 15 is 0 Å². The maximum atomic E-state index is 9.29. The number of aryl methyl sites for hydroxylation is 1. The molecule has 0 radical (unpaired) electrons. The number of aromatic nitrogens is 4. The summed E-state index contributed by atoms with van der Waals surface area (Å²) < 4.78 is 4.42. The van der Waals surface area contributed by atoms with Crippen molar-refractivity contribution in [1.82, 2.24) is 19.1 Å². The zero-order valence-electron chi connectivity index (χ0n) is 19.4. The van der Waals surface area contributed by atoms with Gasteiger partial charge in [0.25, 0.3) is 0 Å². The van der Waals surface area contributed by atoms with Gasteiger partial charge in [-0.2, -0.15) is 5.26 Å². The first-order chi connectivity index (χ1) is 16.7. The van der Waals surface area contributed by atoms with Gasteiger partial charge in [0.1, 0.15) is 0 Å². The zero-order valence-corrected chi connectivity index (χ0v) is 19.4. The summed E-state index contributed by atoms with van der Waals surface area (Å²) in [6.45, 7) is 1.05. The quantitative estimate of drug-likeness (QED) is 0.309. The van der Waals surface area contributed by atoms with Crippen LogP contribution >= 0.6 is 0 Å². The van der Waals surface area contributed by atoms with Crippen molar-refractivity contribution in [2.45, 2.75) is 38.6 Å². The van der Waals surface area contributed by atoms with Crippen LogP contribution in [0.25, 0.3) is 44.3 Å². The Kier molecular flexibility index (Phi) is 5.15. The standard InChI is InChI=1S/C29H27N5/c1-33-19-32-25-15-23(11-12-26(25)33)29-28(22-9-7-20(16-30)8-10-22)24-13-14-34(27(24)17-31-29)18-21-5-3-2-4-6-21/h7-15,17,19,21H,2-6,18H2,1H3. The van der Waals surface area contributed by atoms with Gasteiger partial charge >= 0.3 is 0 Å². The lowest BCUT2D eigenvalue weighted by molar-refractivity contribution is 0.322. The number of benzene rings is 2. The van der Waals surface area contributed by atoms with E-state index in [0.29, 0.717) is 5.56 Å². The van der Waals surface area contributed by atoms with E-state index in [0.717, 1.165) is 45.9 Å². The summed E-state index contributed by atoms with van der Waals surface area (Å²) in [5, 5.41) is 10.5. The zero-order chi connectivity index (χ0) is 23.1. The van der Waals surface area contributed by atoms with Crippen LogP contribution in [-0.2, 0) is 13.6 Å². The lowest BCUT2D eigenvalue weighted by Gasteiger charge is -2.22. The van der Waals surface area contributed by atoms with Crippen LogP contribution in [0.15, 0.2) is 67.3 Å². The van der Waals surface area contributed by atoms with Crippen molar-refractivity contribution in [2.75, 3.05) is 0 Å². The maximum absolute atomic E-state index is 9.29. The Bertz CT molecular complexity index is 1530. The molecule has 0 unspecified atom stereocenters. The highest BCUT2D eigenvalue weighted by atomic mass is 15.0. The topological polar surface area (TPSA) is 59.4 Å². The Hall–Kier alpha value is -3.91. The first-order valence-corrected chi connectivity index (χ1v) is 12.1. The fraction of sp³-hybridized carbons (Fsp3) is 0.276. The van der Waals surface area contributed by atoms with Crippen LogP contribution < -0.4 is 0 Å². The third-order valence-electron chi connectivity index (χ3n) is 7.31. The van der Waals surface area contributed by atoms with Crippen molar-refractivity contribution in [3.63, 3.8) is 0 Å². The van der Waals surface area contributed by atoms with Gasteiger partial charge in [-0.3, -0.25) is 4.98 Å². The molecule has 168 valence electrons. The summed E-state index contributed by atoms with van der Waals surface area (Å²) in [6, 6.07) is 18.7. The predicted molar refractivity (Wildman–Crippen MR) is 136 cm³/mol. The largest absolute Gasteiger partial charge is 0.346 e. The molecule has 0 saturated heterocycles. The van der Waals surface area contributed by atoms with E-state index in [1.807, 2.05) is 48.4 Å². The second-order valence-corrected chi connectivity index (χ2v) is 9.50. The van der Waals surface area contributed by atoms with Crippen LogP contribution in [0.4, 0.5) is 0 Å². The molecule has 1 aliphatic rings. The Labute approximate surface area is 199 Å². The summed E-state index contributed by atoms with van der Waals surface area (Å²) in [5.41, 5.74) is 8.07. The summed E-state index contributed by atoms with van der Waals surface area (Å²) in [6.07, 6.45) is 12.8. The summed E-state index contributed by atoms with van der Waals surface area (Å²) in [7, 11) is 2.01. The van der Waals surface area contributed by atoms with Crippen LogP contribution in [0.2, 0.25) is 0 Å². The highest BCUT2D eigenvalue weighted by molar-refractivity contribution is 6.02. The van der Waals surface area contributed by atoms with Crippen molar-refractivity contribution in [1.29, 1.82) is 5.26 Å². The number of nitriles is 1. The van der Waals surface area contributed by atoms with Crippen molar-refractivity contribution in [2.24, 2.45) is 13.0 Å². The Morgan fingerprint density at radius 3 is 2.53 bits per heavy atom. The van der Waals surface area contributed by atoms with Gasteiger partial charge in [-0.25, -0.2) is 4.98 Å². The van der Waals surface area contributed by atoms with Crippen molar-refractivity contribution in [3.8, 4) is 28.5 Å². The fourth-order valence-corrected chi connectivity index (χ4v) is 5.47. The number of fused-ring (bicyclic) bond motifs is 2. The fourth-order valence-electron chi connectivity index (χ4n) is 5.47. The molecule has 1 saturated carbocycles. The molecule has 2 aromatic carbocycles. The van der Waals surface area contributed by atoms with E-state index in [-0.39, 0.29) is 0 Å². The maximum Gasteiger partial charge on any atom is 0.0991 e. The van der Waals surface area contributed by atoms with E-state index in [4.69, 9.17) is 4.98 Å². The van der Waals surface area contributed by atoms with Gasteiger partial charge in [-0.1, -0.05) is 37.5 Å². The Balaban J connectivity index is 1.52. The molecule has 1 aliphatic carbocycles. The SMILES string of the molecule is Cn1cnc2cc(-c3ncc4c(ccn4CC4CCCCC4)c3-c3ccc(C#N)cc3)ccc21. The van der Waals surface area contributed by atoms with Gasteiger partial charge < -0.3 is 9.13 Å². The molecule has 5 aromatic rings. The normalized spacial score (nSPS) is 14.6. The molecule has 3 heterocycles. The average molecular weight is 446 g/mol. The van der Waals surface area contributed by atoms with Crippen molar-refractivity contribution >= 4 is 21.9 Å². The van der Waals surface area contributed by atoms with Gasteiger partial charge in [0.15, 0.2) is 0 Å². The molecule has 34 heavy (non-hydrogen) atoms. The third kappa shape index (κ3) is 3.56. The molecule has 6 rings (SSSR count). The monoisotopic (exact) mass is 445 g/mol. The summed E-state index contributed by atoms with van der Waals surface area (Å²) >= 11 is 0. The van der Waals surface area contributed by atoms with Crippen LogP contribution in [0.3, 0.4) is 0 Å². The molecule has 1 fully saturated rings. The number of imidazole rings is 1. The number of nitrogens with zero attached hydrogens (tertiary/aromatic N) is 5. The molecule has 0 aliphatic heterocycles. The third-order valence-corrected chi connectivity index (χ3v) is 7.31. The van der Waals surface area contributed by atoms with Crippen LogP contribution in [0.5, 0.6) is 0 Å².